The van der Waals surface area contributed by atoms with Crippen LogP contribution in [0.15, 0.2) is 0 Å². The van der Waals surface area contributed by atoms with Crippen molar-refractivity contribution < 1.29 is 33.8 Å². The van der Waals surface area contributed by atoms with E-state index in [1.807, 2.05) is 0 Å². The van der Waals surface area contributed by atoms with Crippen LogP contribution >= 0.6 is 7.82 Å². The minimum Gasteiger partial charge on any atom is -0.394 e. The lowest BCUT2D eigenvalue weighted by molar-refractivity contribution is 0.0650. The van der Waals surface area contributed by atoms with E-state index in [1.54, 1.807) is 0 Å². The standard InChI is InChI=1S/C4H10O3.C2H7O4P/c5-1-3-7-4-2-6;1-2-6-7(3,4)5/h5-6H,1-4H2;2H2,1H3,(H2,3,4,5). The van der Waals surface area contributed by atoms with E-state index in [1.165, 1.54) is 6.92 Å². The largest absolute Gasteiger partial charge is 0.469 e. The molecule has 4 N–H and O–H groups in total. The quantitative estimate of drug-likeness (QED) is 0.346. The first-order valence-corrected chi connectivity index (χ1v) is 5.50. The van der Waals surface area contributed by atoms with Crippen molar-refractivity contribution in [2.45, 2.75) is 6.92 Å². The molecule has 0 bridgehead atoms. The maximum atomic E-state index is 9.70. The summed E-state index contributed by atoms with van der Waals surface area (Å²) in [5.41, 5.74) is 0. The maximum absolute atomic E-state index is 9.70. The lowest BCUT2D eigenvalue weighted by Gasteiger charge is -1.98. The predicted octanol–water partition coefficient (Wildman–Crippen LogP) is -0.897. The van der Waals surface area contributed by atoms with Gasteiger partial charge in [0.15, 0.2) is 0 Å². The molecule has 0 aromatic heterocycles. The molecule has 0 atom stereocenters. The Balaban J connectivity index is 0. The first-order chi connectivity index (χ1) is 6.47. The second-order valence-electron chi connectivity index (χ2n) is 1.97. The summed E-state index contributed by atoms with van der Waals surface area (Å²) in [6, 6.07) is 0. The average molecular weight is 232 g/mol. The first kappa shape index (κ1) is 16.4. The first-order valence-electron chi connectivity index (χ1n) is 3.97. The highest BCUT2D eigenvalue weighted by atomic mass is 31.2. The molecule has 0 unspecified atom stereocenters. The van der Waals surface area contributed by atoms with E-state index < -0.39 is 7.82 Å². The van der Waals surface area contributed by atoms with Gasteiger partial charge in [-0.1, -0.05) is 0 Å². The Bertz CT molecular complexity index is 141. The molecule has 7 nitrogen and oxygen atoms in total. The van der Waals surface area contributed by atoms with Gasteiger partial charge in [-0.25, -0.2) is 4.57 Å². The Kier molecular flexibility index (Phi) is 13.0. The Labute approximate surface area is 82.5 Å². The normalized spacial score (nSPS) is 10.6. The third-order valence-electron chi connectivity index (χ3n) is 0.769. The van der Waals surface area contributed by atoms with Crippen molar-refractivity contribution in [3.8, 4) is 0 Å². The van der Waals surface area contributed by atoms with Gasteiger partial charge in [0.1, 0.15) is 0 Å². The summed E-state index contributed by atoms with van der Waals surface area (Å²) in [4.78, 5) is 15.8. The smallest absolute Gasteiger partial charge is 0.394 e. The van der Waals surface area contributed by atoms with Gasteiger partial charge in [-0.2, -0.15) is 0 Å². The molecule has 0 fully saturated rings. The van der Waals surface area contributed by atoms with Crippen LogP contribution in [0.5, 0.6) is 0 Å². The molecule has 0 aliphatic heterocycles. The number of phosphoric acid groups is 1. The van der Waals surface area contributed by atoms with E-state index >= 15 is 0 Å². The van der Waals surface area contributed by atoms with Crippen LogP contribution in [0.1, 0.15) is 6.92 Å². The molecule has 0 spiro atoms. The summed E-state index contributed by atoms with van der Waals surface area (Å²) >= 11 is 0. The SMILES string of the molecule is CCOP(=O)(O)O.OCCOCCO. The molecular weight excluding hydrogens is 215 g/mol. The van der Waals surface area contributed by atoms with Crippen LogP contribution in [-0.4, -0.2) is 53.0 Å². The van der Waals surface area contributed by atoms with E-state index in [4.69, 9.17) is 20.0 Å². The van der Waals surface area contributed by atoms with Crippen molar-refractivity contribution in [2.75, 3.05) is 33.0 Å². The molecule has 0 heterocycles. The van der Waals surface area contributed by atoms with E-state index in [0.29, 0.717) is 13.2 Å². The van der Waals surface area contributed by atoms with Gasteiger partial charge in [-0.3, -0.25) is 4.52 Å². The topological polar surface area (TPSA) is 116 Å². The molecule has 0 saturated carbocycles. The van der Waals surface area contributed by atoms with E-state index in [9.17, 15) is 4.57 Å². The second kappa shape index (κ2) is 11.1. The Morgan fingerprint density at radius 2 is 1.57 bits per heavy atom. The lowest BCUT2D eigenvalue weighted by atomic mass is 10.7. The molecular formula is C6H17O7P. The summed E-state index contributed by atoms with van der Waals surface area (Å²) in [7, 11) is -4.17. The van der Waals surface area contributed by atoms with Gasteiger partial charge in [0.05, 0.1) is 33.0 Å². The predicted molar refractivity (Wildman–Crippen MR) is 48.7 cm³/mol. The Hall–Kier alpha value is -0.0100. The molecule has 0 radical (unpaired) electrons. The van der Waals surface area contributed by atoms with Crippen LogP contribution in [0, 0.1) is 0 Å². The minimum absolute atomic E-state index is 0.0278. The van der Waals surface area contributed by atoms with Crippen molar-refractivity contribution >= 4 is 7.82 Å². The molecule has 0 aromatic rings. The molecule has 0 aliphatic carbocycles. The summed E-state index contributed by atoms with van der Waals surface area (Å²) in [6.45, 7) is 2.25. The number of ether oxygens (including phenoxy) is 1. The van der Waals surface area contributed by atoms with Crippen molar-refractivity contribution in [3.63, 3.8) is 0 Å². The lowest BCUT2D eigenvalue weighted by Crippen LogP contribution is -2.03. The van der Waals surface area contributed by atoms with Crippen LogP contribution in [-0.2, 0) is 13.8 Å². The minimum atomic E-state index is -4.17. The fraction of sp³-hybridized carbons (Fsp3) is 1.00. The third kappa shape index (κ3) is 22.7. The van der Waals surface area contributed by atoms with Gasteiger partial charge in [0.2, 0.25) is 0 Å². The maximum Gasteiger partial charge on any atom is 0.469 e. The molecule has 0 amide bonds. The Morgan fingerprint density at radius 1 is 1.14 bits per heavy atom. The fourth-order valence-corrected chi connectivity index (χ4v) is 0.736. The van der Waals surface area contributed by atoms with E-state index in [2.05, 4.69) is 9.26 Å². The number of phosphoric ester groups is 1. The molecule has 0 rings (SSSR count). The van der Waals surface area contributed by atoms with Crippen molar-refractivity contribution in [3.05, 3.63) is 0 Å². The molecule has 0 aromatic carbocycles. The van der Waals surface area contributed by atoms with E-state index in [0.717, 1.165) is 0 Å². The van der Waals surface area contributed by atoms with Crippen molar-refractivity contribution in [2.24, 2.45) is 0 Å². The summed E-state index contributed by atoms with van der Waals surface area (Å²) in [5, 5.41) is 16.2. The van der Waals surface area contributed by atoms with Gasteiger partial charge < -0.3 is 24.7 Å². The zero-order chi connectivity index (χ0) is 11.4. The molecule has 0 saturated heterocycles. The fourth-order valence-electron chi connectivity index (χ4n) is 0.399. The van der Waals surface area contributed by atoms with Crippen LogP contribution in [0.25, 0.3) is 0 Å². The average Bonchev–Trinajstić information content (AvgIpc) is 2.04. The van der Waals surface area contributed by atoms with Gasteiger partial charge in [0.25, 0.3) is 0 Å². The number of aliphatic hydroxyl groups excluding tert-OH is 2. The molecule has 8 heteroatoms. The second-order valence-corrected chi connectivity index (χ2v) is 3.21. The van der Waals surface area contributed by atoms with Crippen LogP contribution in [0.4, 0.5) is 0 Å². The highest BCUT2D eigenvalue weighted by molar-refractivity contribution is 7.46. The van der Waals surface area contributed by atoms with Crippen molar-refractivity contribution in [1.82, 2.24) is 0 Å². The summed E-state index contributed by atoms with van der Waals surface area (Å²) < 4.78 is 18.2. The van der Waals surface area contributed by atoms with Crippen LogP contribution in [0.2, 0.25) is 0 Å². The van der Waals surface area contributed by atoms with Crippen LogP contribution in [0.3, 0.4) is 0 Å². The number of hydrogen-bond donors (Lipinski definition) is 4. The molecule has 88 valence electrons. The zero-order valence-corrected chi connectivity index (χ0v) is 8.89. The summed E-state index contributed by atoms with van der Waals surface area (Å²) in [5.74, 6) is 0. The van der Waals surface area contributed by atoms with E-state index in [-0.39, 0.29) is 19.8 Å². The highest BCUT2D eigenvalue weighted by Gasteiger charge is 2.10. The number of aliphatic hydroxyl groups is 2. The van der Waals surface area contributed by atoms with Gasteiger partial charge >= 0.3 is 7.82 Å². The molecule has 14 heavy (non-hydrogen) atoms. The Morgan fingerprint density at radius 3 is 1.71 bits per heavy atom. The summed E-state index contributed by atoms with van der Waals surface area (Å²) in [6.07, 6.45) is 0. The number of rotatable bonds is 6. The van der Waals surface area contributed by atoms with Crippen molar-refractivity contribution in [1.29, 1.82) is 0 Å². The van der Waals surface area contributed by atoms with Gasteiger partial charge in [0, 0.05) is 0 Å². The number of hydrogen-bond acceptors (Lipinski definition) is 5. The molecule has 0 aliphatic rings. The third-order valence-corrected chi connectivity index (χ3v) is 1.36. The zero-order valence-electron chi connectivity index (χ0n) is 8.00. The van der Waals surface area contributed by atoms with Crippen LogP contribution < -0.4 is 0 Å². The monoisotopic (exact) mass is 232 g/mol. The van der Waals surface area contributed by atoms with Gasteiger partial charge in [-0.05, 0) is 6.92 Å². The highest BCUT2D eigenvalue weighted by Crippen LogP contribution is 2.34. The van der Waals surface area contributed by atoms with Gasteiger partial charge in [-0.15, -0.1) is 0 Å².